The van der Waals surface area contributed by atoms with E-state index in [2.05, 4.69) is 20.7 Å². The van der Waals surface area contributed by atoms with Crippen LogP contribution in [0.5, 0.6) is 0 Å². The molecule has 1 amide bonds. The molecule has 7 nitrogen and oxygen atoms in total. The Labute approximate surface area is 167 Å². The van der Waals surface area contributed by atoms with Gasteiger partial charge < -0.3 is 10.4 Å². The van der Waals surface area contributed by atoms with Crippen molar-refractivity contribution in [2.75, 3.05) is 0 Å². The number of hydrogen-bond donors (Lipinski definition) is 2. The Hall–Kier alpha value is -2.06. The van der Waals surface area contributed by atoms with Crippen LogP contribution >= 0.6 is 11.3 Å². The molecule has 4 aliphatic rings. The maximum atomic E-state index is 12.7. The van der Waals surface area contributed by atoms with Gasteiger partial charge >= 0.3 is 0 Å². The number of nitrogens with one attached hydrogen (secondary N) is 1. The highest BCUT2D eigenvalue weighted by Gasteiger charge is 2.60. The van der Waals surface area contributed by atoms with E-state index >= 15 is 0 Å². The molecule has 0 aliphatic heterocycles. The van der Waals surface area contributed by atoms with Gasteiger partial charge in [-0.05, 0) is 85.6 Å². The minimum atomic E-state index is -0.168. The van der Waals surface area contributed by atoms with Crippen LogP contribution < -0.4 is 5.32 Å². The van der Waals surface area contributed by atoms with Crippen molar-refractivity contribution in [1.29, 1.82) is 0 Å². The highest BCUT2D eigenvalue weighted by molar-refractivity contribution is 7.11. The van der Waals surface area contributed by atoms with Crippen LogP contribution in [0.25, 0.3) is 6.08 Å². The highest BCUT2D eigenvalue weighted by Crippen LogP contribution is 2.60. The first-order valence-corrected chi connectivity index (χ1v) is 10.8. The number of nitrogens with zero attached hydrogens (tertiary/aromatic N) is 4. The number of carbonyl (C=O) groups is 1. The zero-order valence-electron chi connectivity index (χ0n) is 16.0. The summed E-state index contributed by atoms with van der Waals surface area (Å²) in [7, 11) is 0. The largest absolute Gasteiger partial charge is 0.392 e. The van der Waals surface area contributed by atoms with Crippen molar-refractivity contribution >= 4 is 23.3 Å². The van der Waals surface area contributed by atoms with Crippen LogP contribution in [0.4, 0.5) is 0 Å². The number of hydrogen-bond acceptors (Lipinski definition) is 6. The van der Waals surface area contributed by atoms with Crippen LogP contribution in [-0.2, 0) is 16.9 Å². The lowest BCUT2D eigenvalue weighted by molar-refractivity contribution is -0.127. The molecular weight excluding hydrogens is 374 g/mol. The van der Waals surface area contributed by atoms with Gasteiger partial charge in [0.05, 0.1) is 12.1 Å². The van der Waals surface area contributed by atoms with Gasteiger partial charge in [-0.15, -0.1) is 21.5 Å². The van der Waals surface area contributed by atoms with Gasteiger partial charge in [-0.2, -0.15) is 4.80 Å². The van der Waals surface area contributed by atoms with E-state index in [0.717, 1.165) is 42.5 Å². The Bertz CT molecular complexity index is 919. The average Bonchev–Trinajstić information content (AvgIpc) is 3.27. The van der Waals surface area contributed by atoms with Crippen molar-refractivity contribution in [3.8, 4) is 0 Å². The third-order valence-corrected chi connectivity index (χ3v) is 7.56. The van der Waals surface area contributed by atoms with Gasteiger partial charge in [-0.1, -0.05) is 0 Å². The van der Waals surface area contributed by atoms with E-state index in [1.807, 2.05) is 29.2 Å². The van der Waals surface area contributed by atoms with Gasteiger partial charge in [0.25, 0.3) is 0 Å². The van der Waals surface area contributed by atoms with Crippen LogP contribution in [0.1, 0.15) is 54.8 Å². The van der Waals surface area contributed by atoms with E-state index in [-0.39, 0.29) is 23.6 Å². The minimum absolute atomic E-state index is 0.0281. The van der Waals surface area contributed by atoms with Crippen molar-refractivity contribution in [1.82, 2.24) is 25.5 Å². The number of aliphatic hydroxyl groups is 1. The van der Waals surface area contributed by atoms with E-state index in [0.29, 0.717) is 17.7 Å². The zero-order valence-corrected chi connectivity index (χ0v) is 16.8. The van der Waals surface area contributed by atoms with Gasteiger partial charge in [-0.3, -0.25) is 4.79 Å². The summed E-state index contributed by atoms with van der Waals surface area (Å²) in [4.78, 5) is 15.6. The lowest BCUT2D eigenvalue weighted by Gasteiger charge is -2.61. The number of thiophene rings is 1. The second-order valence-electron chi connectivity index (χ2n) is 8.93. The van der Waals surface area contributed by atoms with Crippen molar-refractivity contribution in [3.63, 3.8) is 0 Å². The Morgan fingerprint density at radius 1 is 1.39 bits per heavy atom. The van der Waals surface area contributed by atoms with Crippen molar-refractivity contribution in [3.05, 3.63) is 33.8 Å². The molecule has 0 saturated heterocycles. The summed E-state index contributed by atoms with van der Waals surface area (Å²) >= 11 is 1.53. The van der Waals surface area contributed by atoms with Crippen molar-refractivity contribution < 1.29 is 9.90 Å². The van der Waals surface area contributed by atoms with Crippen LogP contribution in [0.15, 0.2) is 17.5 Å². The Balaban J connectivity index is 1.35. The van der Waals surface area contributed by atoms with Crippen LogP contribution in [0, 0.1) is 18.8 Å². The molecule has 2 aromatic rings. The normalized spacial score (nSPS) is 33.6. The molecule has 2 aromatic heterocycles. The standard InChI is InChI=1S/C20H25N5O2S/c1-13-22-24-25(23-13)20-8-14-4-15(9-20)7-19(6-14,12-20)21-18(27)3-2-17-5-16(10-26)11-28-17/h2-3,5,11,14-15,26H,4,6-10,12H2,1H3,(H,21,27)/b3-2+. The molecule has 0 aromatic carbocycles. The van der Waals surface area contributed by atoms with Gasteiger partial charge in [0.1, 0.15) is 0 Å². The van der Waals surface area contributed by atoms with Crippen LogP contribution in [-0.4, -0.2) is 36.8 Å². The van der Waals surface area contributed by atoms with E-state index < -0.39 is 0 Å². The van der Waals surface area contributed by atoms with Gasteiger partial charge in [0, 0.05) is 16.5 Å². The summed E-state index contributed by atoms with van der Waals surface area (Å²) in [6.45, 7) is 1.90. The molecule has 28 heavy (non-hydrogen) atoms. The fourth-order valence-electron chi connectivity index (χ4n) is 6.11. The topological polar surface area (TPSA) is 92.9 Å². The number of carbonyl (C=O) groups excluding carboxylic acids is 1. The fraction of sp³-hybridized carbons (Fsp3) is 0.600. The predicted molar refractivity (Wildman–Crippen MR) is 105 cm³/mol. The van der Waals surface area contributed by atoms with Gasteiger partial charge in [0.15, 0.2) is 5.82 Å². The fourth-order valence-corrected chi connectivity index (χ4v) is 6.90. The Morgan fingerprint density at radius 3 is 2.82 bits per heavy atom. The van der Waals surface area contributed by atoms with E-state index in [9.17, 15) is 9.90 Å². The molecule has 8 heteroatoms. The molecule has 2 unspecified atom stereocenters. The van der Waals surface area contributed by atoms with E-state index in [4.69, 9.17) is 0 Å². The van der Waals surface area contributed by atoms with Crippen molar-refractivity contribution in [2.45, 2.75) is 63.1 Å². The Kier molecular flexibility index (Phi) is 4.17. The number of aliphatic hydroxyl groups excluding tert-OH is 1. The van der Waals surface area contributed by atoms with Gasteiger partial charge in [0.2, 0.25) is 5.91 Å². The second kappa shape index (κ2) is 6.49. The maximum absolute atomic E-state index is 12.7. The molecular formula is C20H25N5O2S. The molecule has 0 spiro atoms. The summed E-state index contributed by atoms with van der Waals surface area (Å²) in [6.07, 6.45) is 9.86. The zero-order chi connectivity index (χ0) is 19.4. The predicted octanol–water partition coefficient (Wildman–Crippen LogP) is 2.41. The first-order chi connectivity index (χ1) is 13.5. The lowest BCUT2D eigenvalue weighted by Crippen LogP contribution is -2.66. The second-order valence-corrected chi connectivity index (χ2v) is 9.87. The highest BCUT2D eigenvalue weighted by atomic mass is 32.1. The summed E-state index contributed by atoms with van der Waals surface area (Å²) < 4.78 is 0. The number of aromatic nitrogens is 4. The molecule has 4 bridgehead atoms. The molecule has 2 atom stereocenters. The molecule has 4 saturated carbocycles. The van der Waals surface area contributed by atoms with E-state index in [1.165, 1.54) is 17.8 Å². The van der Waals surface area contributed by atoms with Crippen LogP contribution in [0.2, 0.25) is 0 Å². The number of aryl methyl sites for hydroxylation is 1. The monoisotopic (exact) mass is 399 g/mol. The molecule has 4 aliphatic carbocycles. The molecule has 2 N–H and O–H groups in total. The van der Waals surface area contributed by atoms with Crippen LogP contribution in [0.3, 0.4) is 0 Å². The molecule has 148 valence electrons. The third kappa shape index (κ3) is 3.08. The summed E-state index contributed by atoms with van der Waals surface area (Å²) in [6, 6.07) is 1.91. The average molecular weight is 400 g/mol. The van der Waals surface area contributed by atoms with E-state index in [1.54, 1.807) is 6.08 Å². The summed E-state index contributed by atoms with van der Waals surface area (Å²) in [5, 5.41) is 27.4. The first-order valence-electron chi connectivity index (χ1n) is 9.93. The Morgan fingerprint density at radius 2 is 2.18 bits per heavy atom. The molecule has 6 rings (SSSR count). The van der Waals surface area contributed by atoms with Crippen molar-refractivity contribution in [2.24, 2.45) is 11.8 Å². The first kappa shape index (κ1) is 18.0. The number of tetrazole rings is 1. The summed E-state index contributed by atoms with van der Waals surface area (Å²) in [5.41, 5.74) is 0.605. The lowest BCUT2D eigenvalue weighted by atomic mass is 9.50. The maximum Gasteiger partial charge on any atom is 0.244 e. The summed E-state index contributed by atoms with van der Waals surface area (Å²) in [5.74, 6) is 1.89. The number of amides is 1. The smallest absolute Gasteiger partial charge is 0.244 e. The molecule has 4 fully saturated rings. The molecule has 0 radical (unpaired) electrons. The molecule has 2 heterocycles. The number of rotatable bonds is 5. The minimum Gasteiger partial charge on any atom is -0.392 e. The SMILES string of the molecule is Cc1nnn(C23CC4CC(CC(NC(=O)/C=C/c5cc(CO)cs5)(C4)C2)C3)n1. The third-order valence-electron chi connectivity index (χ3n) is 6.61. The van der Waals surface area contributed by atoms with Gasteiger partial charge in [-0.25, -0.2) is 0 Å². The quantitative estimate of drug-likeness (QED) is 0.753.